The lowest BCUT2D eigenvalue weighted by Gasteiger charge is -2.38. The van der Waals surface area contributed by atoms with E-state index in [4.69, 9.17) is 5.11 Å². The fourth-order valence-corrected chi connectivity index (χ4v) is 1.69. The Labute approximate surface area is 90.3 Å². The Morgan fingerprint density at radius 3 is 2.75 bits per heavy atom. The number of likely N-dealkylation sites (tertiary alicyclic amines) is 1. The van der Waals surface area contributed by atoms with Crippen molar-refractivity contribution in [2.24, 2.45) is 0 Å². The van der Waals surface area contributed by atoms with E-state index in [1.807, 2.05) is 0 Å². The first-order valence-electron chi connectivity index (χ1n) is 4.83. The molecule has 0 saturated carbocycles. The third kappa shape index (κ3) is 2.19. The van der Waals surface area contributed by atoms with Crippen molar-refractivity contribution >= 4 is 5.97 Å². The van der Waals surface area contributed by atoms with Gasteiger partial charge in [-0.1, -0.05) is 0 Å². The van der Waals surface area contributed by atoms with Crippen LogP contribution in [0, 0.1) is 0 Å². The Morgan fingerprint density at radius 1 is 1.50 bits per heavy atom. The maximum absolute atomic E-state index is 12.5. The summed E-state index contributed by atoms with van der Waals surface area (Å²) in [6, 6.07) is 1.38. The number of nitrogens with zero attached hydrogens (tertiary/aromatic N) is 3. The van der Waals surface area contributed by atoms with Gasteiger partial charge < -0.3 is 5.11 Å². The van der Waals surface area contributed by atoms with Crippen LogP contribution in [0.25, 0.3) is 0 Å². The van der Waals surface area contributed by atoms with Gasteiger partial charge in [0.25, 0.3) is 5.92 Å². The first-order chi connectivity index (χ1) is 7.48. The Bertz CT molecular complexity index is 397. The topological polar surface area (TPSA) is 58.4 Å². The number of rotatable bonds is 4. The number of alkyl halides is 2. The van der Waals surface area contributed by atoms with Crippen molar-refractivity contribution in [1.29, 1.82) is 0 Å². The molecule has 0 atom stereocenters. The summed E-state index contributed by atoms with van der Waals surface area (Å²) in [7, 11) is 0. The van der Waals surface area contributed by atoms with E-state index in [1.54, 1.807) is 4.90 Å². The summed E-state index contributed by atoms with van der Waals surface area (Å²) >= 11 is 0. The van der Waals surface area contributed by atoms with Crippen LogP contribution in [-0.2, 0) is 6.54 Å². The number of carboxylic acids is 1. The van der Waals surface area contributed by atoms with E-state index in [9.17, 15) is 13.6 Å². The van der Waals surface area contributed by atoms with Gasteiger partial charge in [0.15, 0.2) is 0 Å². The molecule has 1 aromatic heterocycles. The van der Waals surface area contributed by atoms with Gasteiger partial charge in [0.2, 0.25) is 0 Å². The molecule has 2 rings (SSSR count). The Hall–Kier alpha value is -1.50. The van der Waals surface area contributed by atoms with Gasteiger partial charge >= 0.3 is 5.97 Å². The first-order valence-corrected chi connectivity index (χ1v) is 4.83. The molecule has 0 aromatic carbocycles. The molecule has 88 valence electrons. The zero-order valence-corrected chi connectivity index (χ0v) is 8.44. The summed E-state index contributed by atoms with van der Waals surface area (Å²) in [6.07, 6.45) is 1.38. The second-order valence-corrected chi connectivity index (χ2v) is 3.81. The average molecular weight is 231 g/mol. The Morgan fingerprint density at radius 2 is 2.19 bits per heavy atom. The Balaban J connectivity index is 1.86. The van der Waals surface area contributed by atoms with Crippen molar-refractivity contribution in [3.63, 3.8) is 0 Å². The van der Waals surface area contributed by atoms with Gasteiger partial charge in [0, 0.05) is 12.7 Å². The van der Waals surface area contributed by atoms with E-state index < -0.39 is 11.9 Å². The SMILES string of the molecule is O=C(O)c1ccnn1CCN1CC(F)(F)C1. The molecule has 1 aromatic rings. The first kappa shape index (κ1) is 11.0. The lowest BCUT2D eigenvalue weighted by Crippen LogP contribution is -2.56. The quantitative estimate of drug-likeness (QED) is 0.821. The number of carbonyl (C=O) groups is 1. The van der Waals surface area contributed by atoms with Crippen LogP contribution in [0.3, 0.4) is 0 Å². The fraction of sp³-hybridized carbons (Fsp3) is 0.556. The largest absolute Gasteiger partial charge is 0.477 e. The van der Waals surface area contributed by atoms with Crippen LogP contribution in [0.4, 0.5) is 8.78 Å². The lowest BCUT2D eigenvalue weighted by atomic mass is 10.1. The van der Waals surface area contributed by atoms with Crippen molar-refractivity contribution < 1.29 is 18.7 Å². The highest BCUT2D eigenvalue weighted by Crippen LogP contribution is 2.25. The summed E-state index contributed by atoms with van der Waals surface area (Å²) in [5, 5.41) is 12.6. The molecule has 1 aliphatic heterocycles. The number of aromatic carboxylic acids is 1. The van der Waals surface area contributed by atoms with Crippen LogP contribution in [0.1, 0.15) is 10.5 Å². The molecule has 0 amide bonds. The summed E-state index contributed by atoms with van der Waals surface area (Å²) < 4.78 is 26.3. The standard InChI is InChI=1S/C9H11F2N3O2/c10-9(11)5-13(6-9)3-4-14-7(8(15)16)1-2-12-14/h1-2H,3-6H2,(H,15,16). The van der Waals surface area contributed by atoms with E-state index in [0.29, 0.717) is 13.1 Å². The molecule has 1 N–H and O–H groups in total. The molecule has 0 spiro atoms. The van der Waals surface area contributed by atoms with Gasteiger partial charge in [-0.3, -0.25) is 9.58 Å². The monoisotopic (exact) mass is 231 g/mol. The van der Waals surface area contributed by atoms with Crippen molar-refractivity contribution in [3.8, 4) is 0 Å². The van der Waals surface area contributed by atoms with Gasteiger partial charge in [-0.05, 0) is 6.07 Å². The fourth-order valence-electron chi connectivity index (χ4n) is 1.69. The van der Waals surface area contributed by atoms with E-state index in [2.05, 4.69) is 5.10 Å². The molecule has 0 radical (unpaired) electrons. The molecule has 0 unspecified atom stereocenters. The minimum Gasteiger partial charge on any atom is -0.477 e. The van der Waals surface area contributed by atoms with E-state index >= 15 is 0 Å². The molecular formula is C9H11F2N3O2. The summed E-state index contributed by atoms with van der Waals surface area (Å²) in [5.74, 6) is -3.65. The van der Waals surface area contributed by atoms with Crippen molar-refractivity contribution in [3.05, 3.63) is 18.0 Å². The molecule has 1 aliphatic rings. The van der Waals surface area contributed by atoms with Gasteiger partial charge in [-0.15, -0.1) is 0 Å². The maximum atomic E-state index is 12.5. The summed E-state index contributed by atoms with van der Waals surface area (Å²) in [5.41, 5.74) is 0.0762. The zero-order chi connectivity index (χ0) is 11.8. The summed E-state index contributed by atoms with van der Waals surface area (Å²) in [4.78, 5) is 12.3. The average Bonchev–Trinajstić information content (AvgIpc) is 2.58. The molecular weight excluding hydrogens is 220 g/mol. The summed E-state index contributed by atoms with van der Waals surface area (Å²) in [6.45, 7) is 0.190. The van der Waals surface area contributed by atoms with Gasteiger partial charge in [-0.25, -0.2) is 13.6 Å². The third-order valence-electron chi connectivity index (χ3n) is 2.47. The molecule has 2 heterocycles. The van der Waals surface area contributed by atoms with Crippen LogP contribution >= 0.6 is 0 Å². The highest BCUT2D eigenvalue weighted by atomic mass is 19.3. The molecule has 5 nitrogen and oxygen atoms in total. The molecule has 0 bridgehead atoms. The smallest absolute Gasteiger partial charge is 0.354 e. The van der Waals surface area contributed by atoms with Crippen LogP contribution in [0.2, 0.25) is 0 Å². The van der Waals surface area contributed by atoms with Gasteiger partial charge in [-0.2, -0.15) is 5.10 Å². The van der Waals surface area contributed by atoms with Crippen molar-refractivity contribution in [2.45, 2.75) is 12.5 Å². The maximum Gasteiger partial charge on any atom is 0.354 e. The van der Waals surface area contributed by atoms with Crippen molar-refractivity contribution in [2.75, 3.05) is 19.6 Å². The molecule has 1 saturated heterocycles. The van der Waals surface area contributed by atoms with Crippen LogP contribution < -0.4 is 0 Å². The lowest BCUT2D eigenvalue weighted by molar-refractivity contribution is -0.131. The number of halogens is 2. The molecule has 7 heteroatoms. The minimum atomic E-state index is -2.58. The second-order valence-electron chi connectivity index (χ2n) is 3.81. The highest BCUT2D eigenvalue weighted by molar-refractivity contribution is 5.85. The van der Waals surface area contributed by atoms with Crippen molar-refractivity contribution in [1.82, 2.24) is 14.7 Å². The van der Waals surface area contributed by atoms with E-state index in [0.717, 1.165) is 0 Å². The molecule has 0 aliphatic carbocycles. The number of carboxylic acid groups (broad SMARTS) is 1. The number of hydrogen-bond donors (Lipinski definition) is 1. The van der Waals surface area contributed by atoms with Crippen LogP contribution in [0.15, 0.2) is 12.3 Å². The predicted octanol–water partition coefficient (Wildman–Crippen LogP) is 0.532. The van der Waals surface area contributed by atoms with Crippen LogP contribution in [0.5, 0.6) is 0 Å². The normalized spacial score (nSPS) is 19.4. The van der Waals surface area contributed by atoms with E-state index in [1.165, 1.54) is 16.9 Å². The number of hydrogen-bond acceptors (Lipinski definition) is 3. The number of aromatic nitrogens is 2. The second kappa shape index (κ2) is 3.82. The minimum absolute atomic E-state index is 0.0762. The van der Waals surface area contributed by atoms with Crippen LogP contribution in [-0.4, -0.2) is 51.3 Å². The third-order valence-corrected chi connectivity index (χ3v) is 2.47. The van der Waals surface area contributed by atoms with Gasteiger partial charge in [0.05, 0.1) is 19.6 Å². The zero-order valence-electron chi connectivity index (χ0n) is 8.44. The molecule has 1 fully saturated rings. The van der Waals surface area contributed by atoms with E-state index in [-0.39, 0.29) is 18.8 Å². The Kier molecular flexibility index (Phi) is 2.63. The predicted molar refractivity (Wildman–Crippen MR) is 50.6 cm³/mol. The highest BCUT2D eigenvalue weighted by Gasteiger charge is 2.43. The van der Waals surface area contributed by atoms with Gasteiger partial charge in [0.1, 0.15) is 5.69 Å². The molecule has 16 heavy (non-hydrogen) atoms.